The van der Waals surface area contributed by atoms with Gasteiger partial charge in [-0.25, -0.2) is 0 Å². The van der Waals surface area contributed by atoms with Gasteiger partial charge < -0.3 is 10.0 Å². The van der Waals surface area contributed by atoms with Crippen LogP contribution in [0.2, 0.25) is 0 Å². The van der Waals surface area contributed by atoms with E-state index in [1.54, 1.807) is 4.90 Å². The van der Waals surface area contributed by atoms with Gasteiger partial charge in [0, 0.05) is 43.2 Å². The van der Waals surface area contributed by atoms with Gasteiger partial charge in [-0.15, -0.1) is 0 Å². The Labute approximate surface area is 105 Å². The Morgan fingerprint density at radius 3 is 2.83 bits per heavy atom. The molecule has 1 aromatic rings. The van der Waals surface area contributed by atoms with Crippen molar-refractivity contribution in [1.82, 2.24) is 0 Å². The van der Waals surface area contributed by atoms with E-state index in [1.165, 1.54) is 0 Å². The van der Waals surface area contributed by atoms with Gasteiger partial charge in [-0.05, 0) is 24.1 Å². The first-order valence-electron chi connectivity index (χ1n) is 6.26. The molecular weight excluding hydrogens is 230 g/mol. The molecule has 2 aliphatic rings. The molecule has 18 heavy (non-hydrogen) atoms. The van der Waals surface area contributed by atoms with Crippen LogP contribution in [0.4, 0.5) is 5.69 Å². The van der Waals surface area contributed by atoms with Crippen LogP contribution < -0.4 is 4.90 Å². The number of aliphatic hydroxyl groups is 1. The molecule has 4 nitrogen and oxygen atoms in total. The Bertz CT molecular complexity index is 524. The smallest absolute Gasteiger partial charge is 0.227 e. The van der Waals surface area contributed by atoms with E-state index in [9.17, 15) is 9.59 Å². The summed E-state index contributed by atoms with van der Waals surface area (Å²) in [4.78, 5) is 25.2. The molecule has 0 saturated carbocycles. The molecule has 1 atom stereocenters. The zero-order valence-electron chi connectivity index (χ0n) is 10.1. The van der Waals surface area contributed by atoms with E-state index in [-0.39, 0.29) is 24.2 Å². The maximum atomic E-state index is 11.9. The zero-order valence-corrected chi connectivity index (χ0v) is 10.1. The number of Topliss-reactive ketones (excluding diaryl/α,β-unsaturated/α-hetero) is 1. The van der Waals surface area contributed by atoms with Gasteiger partial charge in [-0.1, -0.05) is 6.07 Å². The number of aryl methyl sites for hydroxylation is 1. The monoisotopic (exact) mass is 245 g/mol. The summed E-state index contributed by atoms with van der Waals surface area (Å²) in [5.41, 5.74) is 2.62. The third kappa shape index (κ3) is 1.73. The fourth-order valence-electron chi connectivity index (χ4n) is 2.75. The Morgan fingerprint density at radius 2 is 2.11 bits per heavy atom. The van der Waals surface area contributed by atoms with Gasteiger partial charge >= 0.3 is 0 Å². The quantitative estimate of drug-likeness (QED) is 0.850. The number of benzene rings is 1. The number of hydrogen-bond donors (Lipinski definition) is 1. The molecule has 1 aliphatic carbocycles. The molecule has 4 heteroatoms. The van der Waals surface area contributed by atoms with Gasteiger partial charge in [-0.3, -0.25) is 9.59 Å². The average Bonchev–Trinajstić information content (AvgIpc) is 2.93. The predicted octanol–water partition coefficient (Wildman–Crippen LogP) is 1.16. The third-order valence-electron chi connectivity index (χ3n) is 3.79. The molecule has 0 spiro atoms. The lowest BCUT2D eigenvalue weighted by Gasteiger charge is -2.17. The normalized spacial score (nSPS) is 22.7. The van der Waals surface area contributed by atoms with E-state index in [0.717, 1.165) is 23.2 Å². The first-order valence-corrected chi connectivity index (χ1v) is 6.26. The zero-order chi connectivity index (χ0) is 12.7. The van der Waals surface area contributed by atoms with Crippen molar-refractivity contribution in [2.24, 2.45) is 5.92 Å². The van der Waals surface area contributed by atoms with Crippen LogP contribution in [-0.2, 0) is 11.2 Å². The Kier molecular flexibility index (Phi) is 2.67. The number of hydrogen-bond acceptors (Lipinski definition) is 3. The molecular formula is C14H15NO3. The van der Waals surface area contributed by atoms with E-state index in [0.29, 0.717) is 19.4 Å². The van der Waals surface area contributed by atoms with Gasteiger partial charge in [0.25, 0.3) is 0 Å². The highest BCUT2D eigenvalue weighted by atomic mass is 16.3. The van der Waals surface area contributed by atoms with Crippen molar-refractivity contribution in [2.75, 3.05) is 18.1 Å². The van der Waals surface area contributed by atoms with Gasteiger partial charge in [0.15, 0.2) is 5.78 Å². The van der Waals surface area contributed by atoms with Crippen LogP contribution in [0.1, 0.15) is 28.8 Å². The van der Waals surface area contributed by atoms with Crippen molar-refractivity contribution in [3.05, 3.63) is 29.3 Å². The summed E-state index contributed by atoms with van der Waals surface area (Å²) in [6.45, 7) is 0.578. The van der Waals surface area contributed by atoms with E-state index in [1.807, 2.05) is 18.2 Å². The molecule has 0 aromatic heterocycles. The average molecular weight is 245 g/mol. The molecule has 0 radical (unpaired) electrons. The number of carbonyl (C=O) groups excluding carboxylic acids is 2. The molecule has 1 saturated heterocycles. The van der Waals surface area contributed by atoms with Crippen LogP contribution >= 0.6 is 0 Å². The number of carbonyl (C=O) groups is 2. The highest BCUT2D eigenvalue weighted by Crippen LogP contribution is 2.30. The van der Waals surface area contributed by atoms with E-state index in [2.05, 4.69) is 0 Å². The van der Waals surface area contributed by atoms with Crippen LogP contribution in [-0.4, -0.2) is 29.9 Å². The Hall–Kier alpha value is -1.68. The van der Waals surface area contributed by atoms with Crippen molar-refractivity contribution < 1.29 is 14.7 Å². The summed E-state index contributed by atoms with van der Waals surface area (Å²) in [5.74, 6) is 0.207. The Balaban J connectivity index is 1.92. The van der Waals surface area contributed by atoms with Crippen molar-refractivity contribution >= 4 is 17.4 Å². The maximum absolute atomic E-state index is 11.9. The van der Waals surface area contributed by atoms with Crippen LogP contribution in [0, 0.1) is 5.92 Å². The summed E-state index contributed by atoms with van der Waals surface area (Å²) < 4.78 is 0. The first kappa shape index (κ1) is 11.4. The summed E-state index contributed by atoms with van der Waals surface area (Å²) in [6, 6.07) is 5.66. The van der Waals surface area contributed by atoms with Crippen molar-refractivity contribution in [2.45, 2.75) is 19.3 Å². The minimum absolute atomic E-state index is 0.0152. The van der Waals surface area contributed by atoms with Gasteiger partial charge in [0.2, 0.25) is 5.91 Å². The fraction of sp³-hybridized carbons (Fsp3) is 0.429. The molecule has 1 aromatic carbocycles. The number of ketones is 1. The van der Waals surface area contributed by atoms with Crippen molar-refractivity contribution in [3.63, 3.8) is 0 Å². The van der Waals surface area contributed by atoms with Gasteiger partial charge in [0.05, 0.1) is 0 Å². The second-order valence-electron chi connectivity index (χ2n) is 5.02. The first-order chi connectivity index (χ1) is 8.69. The summed E-state index contributed by atoms with van der Waals surface area (Å²) >= 11 is 0. The minimum atomic E-state index is 0.0152. The largest absolute Gasteiger partial charge is 0.396 e. The molecule has 3 rings (SSSR count). The van der Waals surface area contributed by atoms with E-state index < -0.39 is 0 Å². The number of rotatable bonds is 2. The van der Waals surface area contributed by atoms with Gasteiger partial charge in [-0.2, -0.15) is 0 Å². The van der Waals surface area contributed by atoms with Crippen LogP contribution in [0.3, 0.4) is 0 Å². The Morgan fingerprint density at radius 1 is 1.28 bits per heavy atom. The number of fused-ring (bicyclic) bond motifs is 1. The number of amides is 1. The SMILES string of the molecule is O=C1CCc2ccc(N3CC(CO)CC3=O)cc21. The van der Waals surface area contributed by atoms with Crippen molar-refractivity contribution in [3.8, 4) is 0 Å². The molecule has 1 fully saturated rings. The molecule has 1 aliphatic heterocycles. The fourth-order valence-corrected chi connectivity index (χ4v) is 2.75. The number of anilines is 1. The van der Waals surface area contributed by atoms with Crippen LogP contribution in [0.5, 0.6) is 0 Å². The molecule has 1 unspecified atom stereocenters. The van der Waals surface area contributed by atoms with E-state index in [4.69, 9.17) is 5.11 Å². The van der Waals surface area contributed by atoms with Gasteiger partial charge in [0.1, 0.15) is 0 Å². The molecule has 1 N–H and O–H groups in total. The second kappa shape index (κ2) is 4.21. The minimum Gasteiger partial charge on any atom is -0.396 e. The topological polar surface area (TPSA) is 57.6 Å². The molecule has 0 bridgehead atoms. The standard InChI is InChI=1S/C14H15NO3/c16-8-9-5-14(18)15(7-9)11-3-1-10-2-4-13(17)12(10)6-11/h1,3,6,9,16H,2,4-5,7-8H2. The summed E-state index contributed by atoms with van der Waals surface area (Å²) in [5, 5.41) is 9.11. The van der Waals surface area contributed by atoms with Crippen LogP contribution in [0.15, 0.2) is 18.2 Å². The number of nitrogens with zero attached hydrogens (tertiary/aromatic N) is 1. The predicted molar refractivity (Wildman–Crippen MR) is 66.6 cm³/mol. The summed E-state index contributed by atoms with van der Waals surface area (Å²) in [7, 11) is 0. The highest BCUT2D eigenvalue weighted by molar-refractivity contribution is 6.03. The number of aliphatic hydroxyl groups excluding tert-OH is 1. The lowest BCUT2D eigenvalue weighted by molar-refractivity contribution is -0.117. The third-order valence-corrected chi connectivity index (χ3v) is 3.79. The molecule has 1 heterocycles. The lowest BCUT2D eigenvalue weighted by atomic mass is 10.1. The molecule has 94 valence electrons. The second-order valence-corrected chi connectivity index (χ2v) is 5.02. The summed E-state index contributed by atoms with van der Waals surface area (Å²) in [6.07, 6.45) is 1.77. The maximum Gasteiger partial charge on any atom is 0.227 e. The molecule has 1 amide bonds. The van der Waals surface area contributed by atoms with Crippen molar-refractivity contribution in [1.29, 1.82) is 0 Å². The van der Waals surface area contributed by atoms with E-state index >= 15 is 0 Å². The van der Waals surface area contributed by atoms with Crippen LogP contribution in [0.25, 0.3) is 0 Å². The highest BCUT2D eigenvalue weighted by Gasteiger charge is 2.31. The lowest BCUT2D eigenvalue weighted by Crippen LogP contribution is -2.25.